The summed E-state index contributed by atoms with van der Waals surface area (Å²) in [6.45, 7) is 2.46. The summed E-state index contributed by atoms with van der Waals surface area (Å²) in [7, 11) is 1.70. The number of hydrogen-bond donors (Lipinski definition) is 1. The van der Waals surface area contributed by atoms with Crippen molar-refractivity contribution in [1.82, 2.24) is 4.90 Å². The maximum atomic E-state index is 13.7. The lowest BCUT2D eigenvalue weighted by Gasteiger charge is -2.29. The van der Waals surface area contributed by atoms with E-state index in [2.05, 4.69) is 34.5 Å². The highest BCUT2D eigenvalue weighted by molar-refractivity contribution is 6.05. The maximum absolute atomic E-state index is 13.7. The van der Waals surface area contributed by atoms with Gasteiger partial charge in [0, 0.05) is 23.5 Å². The van der Waals surface area contributed by atoms with Gasteiger partial charge in [0.1, 0.15) is 11.6 Å². The molecule has 1 amide bonds. The molecule has 1 unspecified atom stereocenters. The number of carbonyl (C=O) groups excluding carboxylic acids is 1. The van der Waals surface area contributed by atoms with Gasteiger partial charge in [-0.2, -0.15) is 0 Å². The van der Waals surface area contributed by atoms with E-state index in [-0.39, 0.29) is 11.7 Å². The molecule has 0 aromatic heterocycles. The minimum Gasteiger partial charge on any atom is -0.497 e. The first-order valence-electron chi connectivity index (χ1n) is 9.44. The number of benzene rings is 2. The average molecular weight is 378 g/mol. The Morgan fingerprint density at radius 1 is 1.21 bits per heavy atom. The zero-order valence-corrected chi connectivity index (χ0v) is 16.0. The zero-order chi connectivity index (χ0) is 19.7. The fraction of sp³-hybridized carbons (Fsp3) is 0.261. The van der Waals surface area contributed by atoms with Crippen LogP contribution in [0.25, 0.3) is 0 Å². The molecule has 144 valence electrons. The first-order valence-corrected chi connectivity index (χ1v) is 9.44. The minimum atomic E-state index is -0.375. The molecule has 28 heavy (non-hydrogen) atoms. The number of halogens is 1. The Kier molecular flexibility index (Phi) is 4.90. The number of fused-ring (bicyclic) bond motifs is 1. The van der Waals surface area contributed by atoms with Crippen molar-refractivity contribution in [2.45, 2.75) is 25.8 Å². The smallest absolute Gasteiger partial charge is 0.256 e. The number of rotatable bonds is 4. The van der Waals surface area contributed by atoms with Gasteiger partial charge in [0.25, 0.3) is 5.91 Å². The Morgan fingerprint density at radius 3 is 2.75 bits per heavy atom. The number of methoxy groups -OCH3 is 1. The SMILES string of the molecule is COC1=CCN2C(=C1)CCC2c1ccc(NC(=O)c2cccc(F)c2C)cc1. The van der Waals surface area contributed by atoms with Crippen molar-refractivity contribution in [1.29, 1.82) is 0 Å². The van der Waals surface area contributed by atoms with Gasteiger partial charge in [-0.1, -0.05) is 18.2 Å². The summed E-state index contributed by atoms with van der Waals surface area (Å²) in [5.74, 6) is 0.252. The molecule has 0 aliphatic carbocycles. The molecule has 0 spiro atoms. The highest BCUT2D eigenvalue weighted by Gasteiger charge is 2.30. The standard InChI is InChI=1S/C23H23FN2O2/c1-15-20(4-3-5-21(15)24)23(27)25-17-8-6-16(7-9-17)22-11-10-18-14-19(28-2)12-13-26(18)22/h3-9,12,14,22H,10-11,13H2,1-2H3,(H,25,27). The van der Waals surface area contributed by atoms with Crippen LogP contribution in [0.15, 0.2) is 66.1 Å². The molecule has 2 aliphatic heterocycles. The maximum Gasteiger partial charge on any atom is 0.256 e. The monoisotopic (exact) mass is 378 g/mol. The fourth-order valence-electron chi connectivity index (χ4n) is 3.92. The average Bonchev–Trinajstić information content (AvgIpc) is 3.13. The van der Waals surface area contributed by atoms with E-state index in [1.54, 1.807) is 26.2 Å². The lowest BCUT2D eigenvalue weighted by Crippen LogP contribution is -2.24. The molecular formula is C23H23FN2O2. The molecule has 1 N–H and O–H groups in total. The van der Waals surface area contributed by atoms with Crippen LogP contribution in [0.1, 0.15) is 40.4 Å². The lowest BCUT2D eigenvalue weighted by molar-refractivity contribution is 0.102. The van der Waals surface area contributed by atoms with Crippen molar-refractivity contribution in [2.75, 3.05) is 19.0 Å². The number of ether oxygens (including phenoxy) is 1. The molecular weight excluding hydrogens is 355 g/mol. The van der Waals surface area contributed by atoms with E-state index in [1.165, 1.54) is 17.3 Å². The molecule has 0 bridgehead atoms. The van der Waals surface area contributed by atoms with Gasteiger partial charge in [-0.3, -0.25) is 4.79 Å². The largest absolute Gasteiger partial charge is 0.497 e. The highest BCUT2D eigenvalue weighted by atomic mass is 19.1. The second kappa shape index (κ2) is 7.50. The van der Waals surface area contributed by atoms with E-state index in [0.717, 1.165) is 25.1 Å². The van der Waals surface area contributed by atoms with Crippen LogP contribution in [0.2, 0.25) is 0 Å². The molecule has 0 radical (unpaired) electrons. The third-order valence-electron chi connectivity index (χ3n) is 5.52. The number of nitrogens with zero attached hydrogens (tertiary/aromatic N) is 1. The van der Waals surface area contributed by atoms with E-state index < -0.39 is 0 Å². The molecule has 1 saturated heterocycles. The van der Waals surface area contributed by atoms with Gasteiger partial charge >= 0.3 is 0 Å². The van der Waals surface area contributed by atoms with Gasteiger partial charge in [-0.25, -0.2) is 4.39 Å². The first-order chi connectivity index (χ1) is 13.6. The topological polar surface area (TPSA) is 41.6 Å². The predicted molar refractivity (Wildman–Crippen MR) is 107 cm³/mol. The van der Waals surface area contributed by atoms with Gasteiger partial charge in [-0.05, 0) is 67.3 Å². The fourth-order valence-corrected chi connectivity index (χ4v) is 3.92. The summed E-state index contributed by atoms with van der Waals surface area (Å²) in [4.78, 5) is 14.9. The number of hydrogen-bond acceptors (Lipinski definition) is 3. The van der Waals surface area contributed by atoms with E-state index >= 15 is 0 Å². The Morgan fingerprint density at radius 2 is 2.00 bits per heavy atom. The van der Waals surface area contributed by atoms with Gasteiger partial charge in [0.05, 0.1) is 13.2 Å². The van der Waals surface area contributed by atoms with Crippen molar-refractivity contribution >= 4 is 11.6 Å². The molecule has 2 heterocycles. The summed E-state index contributed by atoms with van der Waals surface area (Å²) >= 11 is 0. The number of allylic oxidation sites excluding steroid dienone is 2. The molecule has 5 heteroatoms. The zero-order valence-electron chi connectivity index (χ0n) is 16.0. The Labute approximate surface area is 164 Å². The summed E-state index contributed by atoms with van der Waals surface area (Å²) < 4.78 is 19.0. The Bertz CT molecular complexity index is 963. The quantitative estimate of drug-likeness (QED) is 0.818. The molecule has 4 nitrogen and oxygen atoms in total. The normalized spacial score (nSPS) is 18.2. The number of amides is 1. The molecule has 2 aromatic carbocycles. The van der Waals surface area contributed by atoms with Crippen molar-refractivity contribution < 1.29 is 13.9 Å². The van der Waals surface area contributed by atoms with Crippen LogP contribution >= 0.6 is 0 Å². The summed E-state index contributed by atoms with van der Waals surface area (Å²) in [5.41, 5.74) is 3.94. The summed E-state index contributed by atoms with van der Waals surface area (Å²) in [5, 5.41) is 2.86. The highest BCUT2D eigenvalue weighted by Crippen LogP contribution is 2.40. The molecule has 1 atom stereocenters. The van der Waals surface area contributed by atoms with Crippen molar-refractivity contribution in [3.05, 3.63) is 88.6 Å². The van der Waals surface area contributed by atoms with Crippen molar-refractivity contribution in [2.24, 2.45) is 0 Å². The van der Waals surface area contributed by atoms with Gasteiger partial charge < -0.3 is 15.0 Å². The predicted octanol–water partition coefficient (Wildman–Crippen LogP) is 4.95. The minimum absolute atomic E-state index is 0.302. The van der Waals surface area contributed by atoms with Crippen LogP contribution in [-0.4, -0.2) is 24.5 Å². The summed E-state index contributed by atoms with van der Waals surface area (Å²) in [6, 6.07) is 12.8. The molecule has 0 saturated carbocycles. The van der Waals surface area contributed by atoms with E-state index in [9.17, 15) is 9.18 Å². The van der Waals surface area contributed by atoms with Crippen LogP contribution in [0.3, 0.4) is 0 Å². The van der Waals surface area contributed by atoms with Gasteiger partial charge in [0.15, 0.2) is 0 Å². The Balaban J connectivity index is 1.46. The molecule has 2 aliphatic rings. The second-order valence-corrected chi connectivity index (χ2v) is 7.14. The Hall–Kier alpha value is -3.08. The van der Waals surface area contributed by atoms with Crippen molar-refractivity contribution in [3.8, 4) is 0 Å². The molecule has 4 rings (SSSR count). The van der Waals surface area contributed by atoms with Crippen LogP contribution in [0, 0.1) is 12.7 Å². The van der Waals surface area contributed by atoms with E-state index in [1.807, 2.05) is 12.1 Å². The van der Waals surface area contributed by atoms with Gasteiger partial charge in [0.2, 0.25) is 0 Å². The van der Waals surface area contributed by atoms with Crippen LogP contribution in [-0.2, 0) is 4.74 Å². The number of anilines is 1. The van der Waals surface area contributed by atoms with Crippen LogP contribution in [0.5, 0.6) is 0 Å². The first kappa shape index (κ1) is 18.3. The lowest BCUT2D eigenvalue weighted by atomic mass is 10.0. The summed E-state index contributed by atoms with van der Waals surface area (Å²) in [6.07, 6.45) is 6.30. The third kappa shape index (κ3) is 3.40. The van der Waals surface area contributed by atoms with E-state index in [0.29, 0.717) is 22.9 Å². The van der Waals surface area contributed by atoms with E-state index in [4.69, 9.17) is 4.74 Å². The van der Waals surface area contributed by atoms with Crippen LogP contribution in [0.4, 0.5) is 10.1 Å². The molecule has 2 aromatic rings. The number of carbonyl (C=O) groups is 1. The van der Waals surface area contributed by atoms with Crippen LogP contribution < -0.4 is 5.32 Å². The molecule has 1 fully saturated rings. The second-order valence-electron chi connectivity index (χ2n) is 7.14. The van der Waals surface area contributed by atoms with Gasteiger partial charge in [-0.15, -0.1) is 0 Å². The third-order valence-corrected chi connectivity index (χ3v) is 5.52. The van der Waals surface area contributed by atoms with Crippen molar-refractivity contribution in [3.63, 3.8) is 0 Å². The number of nitrogens with one attached hydrogen (secondary N) is 1.